The second kappa shape index (κ2) is 6.68. The zero-order chi connectivity index (χ0) is 16.4. The maximum absolute atomic E-state index is 12.3. The lowest BCUT2D eigenvalue weighted by molar-refractivity contribution is 0.121. The third-order valence-electron chi connectivity index (χ3n) is 3.78. The Bertz CT molecular complexity index is 774. The topological polar surface area (TPSA) is 58.6 Å². The molecule has 124 valence electrons. The van der Waals surface area contributed by atoms with E-state index in [0.717, 1.165) is 36.5 Å². The number of nitrogens with one attached hydrogen (secondary N) is 1. The van der Waals surface area contributed by atoms with Crippen molar-refractivity contribution in [3.8, 4) is 0 Å². The van der Waals surface area contributed by atoms with E-state index < -0.39 is 10.0 Å². The molecule has 0 spiro atoms. The summed E-state index contributed by atoms with van der Waals surface area (Å²) >= 11 is 6.83. The van der Waals surface area contributed by atoms with Crippen LogP contribution < -0.4 is 9.62 Å². The van der Waals surface area contributed by atoms with Gasteiger partial charge in [-0.3, -0.25) is 4.72 Å². The van der Waals surface area contributed by atoms with Gasteiger partial charge < -0.3 is 9.64 Å². The average Bonchev–Trinajstić information content (AvgIpc) is 3.16. The Labute approximate surface area is 144 Å². The Kier molecular flexibility index (Phi) is 4.82. The molecule has 0 aliphatic carbocycles. The highest BCUT2D eigenvalue weighted by Gasteiger charge is 2.22. The molecule has 1 N–H and O–H groups in total. The quantitative estimate of drug-likeness (QED) is 0.873. The van der Waals surface area contributed by atoms with E-state index in [0.29, 0.717) is 10.0 Å². The number of sulfonamides is 1. The van der Waals surface area contributed by atoms with Crippen molar-refractivity contribution in [3.63, 3.8) is 0 Å². The molecule has 0 amide bonds. The van der Waals surface area contributed by atoms with Crippen molar-refractivity contribution in [1.29, 1.82) is 0 Å². The van der Waals surface area contributed by atoms with Gasteiger partial charge in [-0.15, -0.1) is 11.3 Å². The molecule has 1 atom stereocenters. The van der Waals surface area contributed by atoms with Crippen molar-refractivity contribution in [2.75, 3.05) is 29.8 Å². The van der Waals surface area contributed by atoms with Gasteiger partial charge in [0.05, 0.1) is 10.4 Å². The third-order valence-corrected chi connectivity index (χ3v) is 6.88. The highest BCUT2D eigenvalue weighted by atomic mass is 35.5. The summed E-state index contributed by atoms with van der Waals surface area (Å²) in [6, 6.07) is 10.4. The van der Waals surface area contributed by atoms with Crippen LogP contribution in [0.5, 0.6) is 0 Å². The van der Waals surface area contributed by atoms with Crippen molar-refractivity contribution < 1.29 is 13.2 Å². The number of nitrogens with zero attached hydrogens (tertiary/aromatic N) is 1. The first-order chi connectivity index (χ1) is 11.0. The predicted octanol–water partition coefficient (Wildman–Crippen LogP) is 3.43. The molecule has 3 rings (SSSR count). The number of ether oxygens (including phenoxy) is 1. The van der Waals surface area contributed by atoms with Gasteiger partial charge in [-0.1, -0.05) is 11.6 Å². The van der Waals surface area contributed by atoms with Gasteiger partial charge >= 0.3 is 0 Å². The minimum Gasteiger partial charge on any atom is -0.380 e. The zero-order valence-corrected chi connectivity index (χ0v) is 14.9. The summed E-state index contributed by atoms with van der Waals surface area (Å²) in [5.41, 5.74) is 1.59. The van der Waals surface area contributed by atoms with Gasteiger partial charge in [-0.2, -0.15) is 0 Å². The van der Waals surface area contributed by atoms with Crippen LogP contribution in [-0.2, 0) is 14.8 Å². The molecule has 1 fully saturated rings. The third kappa shape index (κ3) is 3.80. The molecule has 1 aliphatic heterocycles. The van der Waals surface area contributed by atoms with Crippen LogP contribution in [0.1, 0.15) is 6.42 Å². The fourth-order valence-electron chi connectivity index (χ4n) is 2.54. The molecule has 0 bridgehead atoms. The molecule has 1 saturated heterocycles. The highest BCUT2D eigenvalue weighted by Crippen LogP contribution is 2.28. The molecular weight excluding hydrogens is 356 g/mol. The Morgan fingerprint density at radius 3 is 2.57 bits per heavy atom. The average molecular weight is 373 g/mol. The normalized spacial score (nSPS) is 18.3. The molecule has 8 heteroatoms. The summed E-state index contributed by atoms with van der Waals surface area (Å²) in [5, 5.41) is 0. The van der Waals surface area contributed by atoms with E-state index in [2.05, 4.69) is 9.62 Å². The van der Waals surface area contributed by atoms with E-state index in [1.807, 2.05) is 12.1 Å². The zero-order valence-electron chi connectivity index (χ0n) is 12.5. The molecule has 23 heavy (non-hydrogen) atoms. The lowest BCUT2D eigenvalue weighted by atomic mass is 10.2. The van der Waals surface area contributed by atoms with E-state index in [4.69, 9.17) is 16.3 Å². The number of hydrogen-bond donors (Lipinski definition) is 1. The van der Waals surface area contributed by atoms with Gasteiger partial charge in [0.15, 0.2) is 0 Å². The summed E-state index contributed by atoms with van der Waals surface area (Å²) < 4.78 is 33.1. The van der Waals surface area contributed by atoms with Gasteiger partial charge in [0.2, 0.25) is 0 Å². The van der Waals surface area contributed by atoms with E-state index in [1.54, 1.807) is 25.3 Å². The Balaban J connectivity index is 1.70. The Hall–Kier alpha value is -1.28. The predicted molar refractivity (Wildman–Crippen MR) is 94.2 cm³/mol. The van der Waals surface area contributed by atoms with Crippen LogP contribution in [-0.4, -0.2) is 34.7 Å². The van der Waals surface area contributed by atoms with Crippen molar-refractivity contribution in [2.24, 2.45) is 0 Å². The molecular formula is C15H17ClN2O3S2. The molecule has 1 aromatic heterocycles. The van der Waals surface area contributed by atoms with Crippen LogP contribution >= 0.6 is 22.9 Å². The number of halogens is 1. The first-order valence-corrected chi connectivity index (χ1v) is 9.81. The number of hydrogen-bond acceptors (Lipinski definition) is 5. The van der Waals surface area contributed by atoms with Gasteiger partial charge in [0, 0.05) is 31.6 Å². The molecule has 0 saturated carbocycles. The van der Waals surface area contributed by atoms with Crippen LogP contribution in [0, 0.1) is 0 Å². The van der Waals surface area contributed by atoms with E-state index in [1.165, 1.54) is 6.07 Å². The molecule has 5 nitrogen and oxygen atoms in total. The van der Waals surface area contributed by atoms with Crippen LogP contribution in [0.25, 0.3) is 0 Å². The van der Waals surface area contributed by atoms with Crippen molar-refractivity contribution >= 4 is 44.3 Å². The first-order valence-electron chi connectivity index (χ1n) is 7.14. The number of thiophene rings is 1. The summed E-state index contributed by atoms with van der Waals surface area (Å²) in [7, 11) is -1.86. The van der Waals surface area contributed by atoms with Gasteiger partial charge in [0.1, 0.15) is 4.21 Å². The molecule has 2 heterocycles. The summed E-state index contributed by atoms with van der Waals surface area (Å²) in [5.74, 6) is 0. The Morgan fingerprint density at radius 1 is 1.26 bits per heavy atom. The summed E-state index contributed by atoms with van der Waals surface area (Å²) in [6.45, 7) is 1.80. The minimum atomic E-state index is -3.59. The number of anilines is 2. The smallest absolute Gasteiger partial charge is 0.271 e. The standard InChI is InChI=1S/C15H17ClN2O3S2/c1-21-13-8-9-18(10-13)12-4-2-11(3-5-12)17-23(19,20)15-7-6-14(16)22-15/h2-7,13,17H,8-10H2,1H3. The number of methoxy groups -OCH3 is 1. The fraction of sp³-hybridized carbons (Fsp3) is 0.333. The second-order valence-corrected chi connectivity index (χ2v) is 8.93. The summed E-state index contributed by atoms with van der Waals surface area (Å²) in [4.78, 5) is 2.23. The van der Waals surface area contributed by atoms with Gasteiger partial charge in [-0.25, -0.2) is 8.42 Å². The van der Waals surface area contributed by atoms with Crippen LogP contribution in [0.15, 0.2) is 40.6 Å². The maximum Gasteiger partial charge on any atom is 0.271 e. The molecule has 2 aromatic rings. The highest BCUT2D eigenvalue weighted by molar-refractivity contribution is 7.94. The largest absolute Gasteiger partial charge is 0.380 e. The lowest BCUT2D eigenvalue weighted by Crippen LogP contribution is -2.22. The minimum absolute atomic E-state index is 0.203. The molecule has 1 aliphatic rings. The first kappa shape index (κ1) is 16.6. The lowest BCUT2D eigenvalue weighted by Gasteiger charge is -2.18. The van der Waals surface area contributed by atoms with Crippen molar-refractivity contribution in [3.05, 3.63) is 40.7 Å². The monoisotopic (exact) mass is 372 g/mol. The van der Waals surface area contributed by atoms with E-state index >= 15 is 0 Å². The van der Waals surface area contributed by atoms with Gasteiger partial charge in [0.25, 0.3) is 10.0 Å². The van der Waals surface area contributed by atoms with Crippen molar-refractivity contribution in [2.45, 2.75) is 16.7 Å². The van der Waals surface area contributed by atoms with Crippen LogP contribution in [0.3, 0.4) is 0 Å². The van der Waals surface area contributed by atoms with Crippen LogP contribution in [0.2, 0.25) is 4.34 Å². The molecule has 1 unspecified atom stereocenters. The van der Waals surface area contributed by atoms with Crippen molar-refractivity contribution in [1.82, 2.24) is 0 Å². The summed E-state index contributed by atoms with van der Waals surface area (Å²) in [6.07, 6.45) is 1.26. The number of rotatable bonds is 5. The SMILES string of the molecule is COC1CCN(c2ccc(NS(=O)(=O)c3ccc(Cl)s3)cc2)C1. The van der Waals surface area contributed by atoms with Crippen LogP contribution in [0.4, 0.5) is 11.4 Å². The van der Waals surface area contributed by atoms with E-state index in [-0.39, 0.29) is 10.3 Å². The fourth-order valence-corrected chi connectivity index (χ4v) is 5.08. The second-order valence-electron chi connectivity index (χ2n) is 5.30. The molecule has 1 aromatic carbocycles. The Morgan fingerprint density at radius 2 is 2.00 bits per heavy atom. The van der Waals surface area contributed by atoms with E-state index in [9.17, 15) is 8.42 Å². The molecule has 0 radical (unpaired) electrons. The van der Waals surface area contributed by atoms with Gasteiger partial charge in [-0.05, 0) is 42.8 Å². The maximum atomic E-state index is 12.3. The number of benzene rings is 1.